The number of carbonyl (C=O) groups is 1. The fourth-order valence-electron chi connectivity index (χ4n) is 2.44. The molecule has 0 atom stereocenters. The molecule has 1 aromatic heterocycles. The Balaban J connectivity index is 2.18. The van der Waals surface area contributed by atoms with Crippen molar-refractivity contribution >= 4 is 5.97 Å². The first-order valence-corrected chi connectivity index (χ1v) is 6.00. The summed E-state index contributed by atoms with van der Waals surface area (Å²) >= 11 is 0. The minimum atomic E-state index is -0.723. The van der Waals surface area contributed by atoms with E-state index in [9.17, 15) is 9.90 Å². The van der Waals surface area contributed by atoms with Gasteiger partial charge in [0, 0.05) is 0 Å². The van der Waals surface area contributed by atoms with Crippen molar-refractivity contribution in [2.75, 3.05) is 0 Å². The molecule has 1 fully saturated rings. The molecule has 0 aromatic carbocycles. The van der Waals surface area contributed by atoms with E-state index in [4.69, 9.17) is 0 Å². The summed E-state index contributed by atoms with van der Waals surface area (Å²) in [6.07, 6.45) is 3.35. The molecule has 6 heteroatoms. The summed E-state index contributed by atoms with van der Waals surface area (Å²) in [6.45, 7) is 4.35. The first kappa shape index (κ1) is 12.0. The molecule has 1 aliphatic carbocycles. The maximum absolute atomic E-state index is 11.5. The van der Waals surface area contributed by atoms with Gasteiger partial charge in [-0.25, -0.2) is 4.68 Å². The predicted octanol–water partition coefficient (Wildman–Crippen LogP) is 1.26. The van der Waals surface area contributed by atoms with Crippen LogP contribution in [0.4, 0.5) is 0 Å². The quantitative estimate of drug-likeness (QED) is 0.857. The van der Waals surface area contributed by atoms with Gasteiger partial charge < -0.3 is 5.11 Å². The molecule has 6 nitrogen and oxygen atoms in total. The standard InChI is InChI=1S/C11H18N4O2/c1-8-3-5-11(6-4-8,10(16)17)7-15-9(2)12-13-14-15/h8H,3-7H2,1-2H3,(H,16,17). The lowest BCUT2D eigenvalue weighted by Gasteiger charge is -2.35. The molecular formula is C11H18N4O2. The van der Waals surface area contributed by atoms with Crippen molar-refractivity contribution in [3.05, 3.63) is 5.82 Å². The lowest BCUT2D eigenvalue weighted by Crippen LogP contribution is -2.39. The Morgan fingerprint density at radius 3 is 2.65 bits per heavy atom. The highest BCUT2D eigenvalue weighted by Crippen LogP contribution is 2.40. The van der Waals surface area contributed by atoms with Crippen molar-refractivity contribution in [1.82, 2.24) is 20.2 Å². The largest absolute Gasteiger partial charge is 0.481 e. The van der Waals surface area contributed by atoms with E-state index in [2.05, 4.69) is 22.4 Å². The third kappa shape index (κ3) is 2.30. The Labute approximate surface area is 100 Å². The third-order valence-electron chi connectivity index (χ3n) is 3.85. The van der Waals surface area contributed by atoms with Crippen LogP contribution in [-0.4, -0.2) is 31.3 Å². The van der Waals surface area contributed by atoms with Crippen LogP contribution in [0.15, 0.2) is 0 Å². The smallest absolute Gasteiger partial charge is 0.311 e. The molecule has 2 rings (SSSR count). The van der Waals surface area contributed by atoms with E-state index < -0.39 is 11.4 Å². The van der Waals surface area contributed by atoms with E-state index in [1.807, 2.05) is 0 Å². The van der Waals surface area contributed by atoms with E-state index in [0.717, 1.165) is 12.8 Å². The lowest BCUT2D eigenvalue weighted by atomic mass is 9.71. The average Bonchev–Trinajstić information content (AvgIpc) is 2.68. The fourth-order valence-corrected chi connectivity index (χ4v) is 2.44. The molecule has 0 amide bonds. The number of nitrogens with zero attached hydrogens (tertiary/aromatic N) is 4. The van der Waals surface area contributed by atoms with E-state index >= 15 is 0 Å². The fraction of sp³-hybridized carbons (Fsp3) is 0.818. The number of hydrogen-bond donors (Lipinski definition) is 1. The van der Waals surface area contributed by atoms with Crippen molar-refractivity contribution in [3.63, 3.8) is 0 Å². The molecule has 0 bridgehead atoms. The second-order valence-electron chi connectivity index (χ2n) is 5.15. The first-order valence-electron chi connectivity index (χ1n) is 6.00. The Morgan fingerprint density at radius 1 is 1.53 bits per heavy atom. The summed E-state index contributed by atoms with van der Waals surface area (Å²) < 4.78 is 1.60. The minimum Gasteiger partial charge on any atom is -0.481 e. The van der Waals surface area contributed by atoms with Crippen LogP contribution < -0.4 is 0 Å². The van der Waals surface area contributed by atoms with Crippen LogP contribution in [0.25, 0.3) is 0 Å². The Hall–Kier alpha value is -1.46. The molecule has 94 valence electrons. The predicted molar refractivity (Wildman–Crippen MR) is 60.3 cm³/mol. The molecule has 1 aliphatic rings. The van der Waals surface area contributed by atoms with Gasteiger partial charge in [-0.3, -0.25) is 4.79 Å². The van der Waals surface area contributed by atoms with E-state index in [1.54, 1.807) is 11.6 Å². The van der Waals surface area contributed by atoms with Crippen LogP contribution in [0, 0.1) is 18.3 Å². The number of aryl methyl sites for hydroxylation is 1. The molecular weight excluding hydrogens is 220 g/mol. The molecule has 0 unspecified atom stereocenters. The van der Waals surface area contributed by atoms with Crippen LogP contribution >= 0.6 is 0 Å². The second kappa shape index (κ2) is 4.43. The lowest BCUT2D eigenvalue weighted by molar-refractivity contribution is -0.153. The average molecular weight is 238 g/mol. The Kier molecular flexibility index (Phi) is 3.13. The van der Waals surface area contributed by atoms with Crippen molar-refractivity contribution in [1.29, 1.82) is 0 Å². The number of aromatic nitrogens is 4. The van der Waals surface area contributed by atoms with Crippen LogP contribution in [0.3, 0.4) is 0 Å². The maximum Gasteiger partial charge on any atom is 0.311 e. The molecule has 0 aliphatic heterocycles. The summed E-state index contributed by atoms with van der Waals surface area (Å²) in [5, 5.41) is 20.7. The van der Waals surface area contributed by atoms with E-state index in [1.165, 1.54) is 0 Å². The highest BCUT2D eigenvalue weighted by Gasteiger charge is 2.42. The van der Waals surface area contributed by atoms with Gasteiger partial charge in [-0.2, -0.15) is 0 Å². The third-order valence-corrected chi connectivity index (χ3v) is 3.85. The summed E-state index contributed by atoms with van der Waals surface area (Å²) in [7, 11) is 0. The summed E-state index contributed by atoms with van der Waals surface area (Å²) in [6, 6.07) is 0. The summed E-state index contributed by atoms with van der Waals surface area (Å²) in [5.41, 5.74) is -0.688. The summed E-state index contributed by atoms with van der Waals surface area (Å²) in [5.74, 6) is 0.570. The van der Waals surface area contributed by atoms with Gasteiger partial charge in [0.15, 0.2) is 0 Å². The maximum atomic E-state index is 11.5. The van der Waals surface area contributed by atoms with Gasteiger partial charge in [-0.05, 0) is 49.0 Å². The molecule has 0 spiro atoms. The van der Waals surface area contributed by atoms with Crippen LogP contribution in [-0.2, 0) is 11.3 Å². The van der Waals surface area contributed by atoms with Crippen LogP contribution in [0.1, 0.15) is 38.4 Å². The molecule has 1 aromatic rings. The van der Waals surface area contributed by atoms with Gasteiger partial charge in [-0.1, -0.05) is 6.92 Å². The molecule has 17 heavy (non-hydrogen) atoms. The van der Waals surface area contributed by atoms with Gasteiger partial charge in [-0.15, -0.1) is 5.10 Å². The van der Waals surface area contributed by atoms with Crippen molar-refractivity contribution in [2.45, 2.75) is 46.1 Å². The topological polar surface area (TPSA) is 80.9 Å². The molecule has 1 saturated carbocycles. The van der Waals surface area contributed by atoms with Crippen molar-refractivity contribution in [3.8, 4) is 0 Å². The van der Waals surface area contributed by atoms with Gasteiger partial charge in [0.25, 0.3) is 0 Å². The van der Waals surface area contributed by atoms with Crippen LogP contribution in [0.2, 0.25) is 0 Å². The van der Waals surface area contributed by atoms with Gasteiger partial charge in [0.1, 0.15) is 5.82 Å². The second-order valence-corrected chi connectivity index (χ2v) is 5.15. The molecule has 0 radical (unpaired) electrons. The number of rotatable bonds is 3. The van der Waals surface area contributed by atoms with Crippen LogP contribution in [0.5, 0.6) is 0 Å². The van der Waals surface area contributed by atoms with Gasteiger partial charge >= 0.3 is 5.97 Å². The van der Waals surface area contributed by atoms with Crippen molar-refractivity contribution < 1.29 is 9.90 Å². The monoisotopic (exact) mass is 238 g/mol. The number of carboxylic acid groups (broad SMARTS) is 1. The Bertz CT molecular complexity index is 407. The number of hydrogen-bond acceptors (Lipinski definition) is 4. The van der Waals surface area contributed by atoms with Gasteiger partial charge in [0.2, 0.25) is 0 Å². The molecule has 1 N–H and O–H groups in total. The number of carboxylic acids is 1. The van der Waals surface area contributed by atoms with Crippen molar-refractivity contribution in [2.24, 2.45) is 11.3 Å². The van der Waals surface area contributed by atoms with Gasteiger partial charge in [0.05, 0.1) is 12.0 Å². The van der Waals surface area contributed by atoms with E-state index in [-0.39, 0.29) is 0 Å². The Morgan fingerprint density at radius 2 is 2.18 bits per heavy atom. The normalized spacial score (nSPS) is 29.2. The van der Waals surface area contributed by atoms with E-state index in [0.29, 0.717) is 31.1 Å². The highest BCUT2D eigenvalue weighted by molar-refractivity contribution is 5.74. The first-order chi connectivity index (χ1) is 8.03. The zero-order valence-corrected chi connectivity index (χ0v) is 10.3. The molecule has 1 heterocycles. The number of tetrazole rings is 1. The SMILES string of the molecule is Cc1nnnn1CC1(C(=O)O)CCC(C)CC1. The zero-order valence-electron chi connectivity index (χ0n) is 10.3. The minimum absolute atomic E-state index is 0.383. The number of aliphatic carboxylic acids is 1. The molecule has 0 saturated heterocycles. The zero-order chi connectivity index (χ0) is 12.5. The summed E-state index contributed by atoms with van der Waals surface area (Å²) in [4.78, 5) is 11.5. The highest BCUT2D eigenvalue weighted by atomic mass is 16.4.